The highest BCUT2D eigenvalue weighted by Gasteiger charge is 2.70. The van der Waals surface area contributed by atoms with Crippen LogP contribution in [0.4, 0.5) is 0 Å². The minimum absolute atomic E-state index is 0.00932. The van der Waals surface area contributed by atoms with Crippen molar-refractivity contribution >= 4 is 5.91 Å². The van der Waals surface area contributed by atoms with Crippen molar-refractivity contribution in [1.29, 1.82) is 0 Å². The lowest BCUT2D eigenvalue weighted by Gasteiger charge is -2.66. The summed E-state index contributed by atoms with van der Waals surface area (Å²) in [5.74, 6) is 0.650. The van der Waals surface area contributed by atoms with Crippen molar-refractivity contribution < 1.29 is 19.4 Å². The first kappa shape index (κ1) is 24.6. The molecule has 4 aliphatic carbocycles. The van der Waals surface area contributed by atoms with E-state index in [1.807, 2.05) is 6.07 Å². The quantitative estimate of drug-likeness (QED) is 0.509. The van der Waals surface area contributed by atoms with Gasteiger partial charge in [-0.1, -0.05) is 13.8 Å². The number of aliphatic hydroxyl groups is 2. The molecule has 4 N–H and O–H groups in total. The molecular formula is C29H42N2O5. The van der Waals surface area contributed by atoms with E-state index in [9.17, 15) is 19.8 Å². The maximum atomic E-state index is 12.7. The van der Waals surface area contributed by atoms with Gasteiger partial charge in [0.05, 0.1) is 23.5 Å². The number of hydrogen-bond donors (Lipinski definition) is 4. The minimum Gasteiger partial charge on any atom is -0.431 e. The van der Waals surface area contributed by atoms with Crippen molar-refractivity contribution in [3.05, 3.63) is 34.4 Å². The summed E-state index contributed by atoms with van der Waals surface area (Å²) in [5, 5.41) is 31.0. The van der Waals surface area contributed by atoms with Crippen LogP contribution in [0, 0.1) is 22.7 Å². The fourth-order valence-electron chi connectivity index (χ4n) is 9.66. The Morgan fingerprint density at radius 2 is 1.78 bits per heavy atom. The van der Waals surface area contributed by atoms with Crippen LogP contribution in [0.1, 0.15) is 96.0 Å². The first-order chi connectivity index (χ1) is 17.1. The van der Waals surface area contributed by atoms with E-state index >= 15 is 0 Å². The third-order valence-corrected chi connectivity index (χ3v) is 11.8. The molecule has 1 amide bonds. The summed E-state index contributed by atoms with van der Waals surface area (Å²) in [5.41, 5.74) is -1.49. The topological polar surface area (TPSA) is 112 Å². The molecule has 1 aliphatic heterocycles. The van der Waals surface area contributed by atoms with Gasteiger partial charge in [-0.3, -0.25) is 4.79 Å². The third kappa shape index (κ3) is 3.41. The Morgan fingerprint density at radius 3 is 2.50 bits per heavy atom. The van der Waals surface area contributed by atoms with E-state index in [2.05, 4.69) is 24.5 Å². The molecule has 9 atom stereocenters. The summed E-state index contributed by atoms with van der Waals surface area (Å²) >= 11 is 0. The molecule has 5 fully saturated rings. The Bertz CT molecular complexity index is 1060. The molecule has 7 nitrogen and oxygen atoms in total. The van der Waals surface area contributed by atoms with Crippen LogP contribution in [0.15, 0.2) is 27.6 Å². The number of fused-ring (bicyclic) bond motifs is 5. The molecule has 0 spiro atoms. The first-order valence-corrected chi connectivity index (χ1v) is 14.2. The van der Waals surface area contributed by atoms with Gasteiger partial charge in [0.2, 0.25) is 5.91 Å². The lowest BCUT2D eigenvalue weighted by Crippen LogP contribution is -2.68. The third-order valence-electron chi connectivity index (χ3n) is 11.8. The van der Waals surface area contributed by atoms with E-state index in [4.69, 9.17) is 4.42 Å². The van der Waals surface area contributed by atoms with Crippen LogP contribution < -0.4 is 16.3 Å². The van der Waals surface area contributed by atoms with E-state index < -0.39 is 11.2 Å². The van der Waals surface area contributed by atoms with Crippen LogP contribution in [0.2, 0.25) is 0 Å². The fourth-order valence-corrected chi connectivity index (χ4v) is 9.66. The average molecular weight is 499 g/mol. The Kier molecular flexibility index (Phi) is 5.75. The molecular weight excluding hydrogens is 456 g/mol. The molecule has 0 bridgehead atoms. The number of nitrogens with one attached hydrogen (secondary N) is 2. The van der Waals surface area contributed by atoms with Gasteiger partial charge < -0.3 is 25.3 Å². The van der Waals surface area contributed by atoms with Gasteiger partial charge in [0.1, 0.15) is 0 Å². The molecule has 2 heterocycles. The lowest BCUT2D eigenvalue weighted by atomic mass is 9.42. The Hall–Kier alpha value is -1.70. The van der Waals surface area contributed by atoms with Gasteiger partial charge in [-0.2, -0.15) is 0 Å². The summed E-state index contributed by atoms with van der Waals surface area (Å²) in [4.78, 5) is 24.3. The summed E-state index contributed by atoms with van der Waals surface area (Å²) in [6.45, 7) is 5.39. The van der Waals surface area contributed by atoms with Crippen molar-refractivity contribution in [3.8, 4) is 0 Å². The average Bonchev–Trinajstić information content (AvgIpc) is 3.47. The highest BCUT2D eigenvalue weighted by molar-refractivity contribution is 5.82. The van der Waals surface area contributed by atoms with E-state index in [1.54, 1.807) is 6.26 Å². The largest absolute Gasteiger partial charge is 0.431 e. The molecule has 0 aromatic carbocycles. The van der Waals surface area contributed by atoms with Crippen molar-refractivity contribution in [2.24, 2.45) is 22.7 Å². The van der Waals surface area contributed by atoms with Crippen LogP contribution in [0.5, 0.6) is 0 Å². The first-order valence-electron chi connectivity index (χ1n) is 14.2. The molecule has 0 radical (unpaired) electrons. The van der Waals surface area contributed by atoms with E-state index in [1.165, 1.54) is 6.07 Å². The predicted octanol–water partition coefficient (Wildman–Crippen LogP) is 3.23. The molecule has 1 aromatic rings. The molecule has 4 saturated carbocycles. The zero-order valence-corrected chi connectivity index (χ0v) is 21.7. The van der Waals surface area contributed by atoms with E-state index in [-0.39, 0.29) is 52.2 Å². The standard InChI is InChI=1S/C29H42N2O5/c1-26-11-7-19(31-25(33)23-4-3-15-30-23)16-28(26,34)13-9-22-21(26)8-12-27(2)20(10-14-29(22,27)35)18-5-6-24(32)36-17-18/h5-6,17,19-23,30,34-35H,3-4,7-16H2,1-2H3,(H,31,33)/t19-,20+,21-,22+,23-,26+,27+,28-,29-/m0/s1. The van der Waals surface area contributed by atoms with Crippen LogP contribution in [0.25, 0.3) is 0 Å². The SMILES string of the molecule is C[C@]12CC[C@H](NC(=O)[C@@H]3CCCN3)C[C@@]1(O)CC[C@@H]1[C@@H]2CC[C@]2(C)[C@@H](c3ccc(=O)oc3)CC[C@]12O. The van der Waals surface area contributed by atoms with Gasteiger partial charge in [0.15, 0.2) is 0 Å². The van der Waals surface area contributed by atoms with Crippen LogP contribution >= 0.6 is 0 Å². The van der Waals surface area contributed by atoms with Gasteiger partial charge in [-0.15, -0.1) is 0 Å². The minimum atomic E-state index is -0.821. The zero-order chi connectivity index (χ0) is 25.3. The van der Waals surface area contributed by atoms with E-state index in [0.717, 1.165) is 69.9 Å². The summed E-state index contributed by atoms with van der Waals surface area (Å²) in [7, 11) is 0. The number of carbonyl (C=O) groups excluding carboxylic acids is 1. The van der Waals surface area contributed by atoms with Gasteiger partial charge in [0, 0.05) is 17.5 Å². The second-order valence-corrected chi connectivity index (χ2v) is 13.2. The molecule has 6 rings (SSSR count). The van der Waals surface area contributed by atoms with Crippen LogP contribution in [0.3, 0.4) is 0 Å². The number of amides is 1. The van der Waals surface area contributed by atoms with Crippen molar-refractivity contribution in [2.45, 2.75) is 114 Å². The van der Waals surface area contributed by atoms with Crippen LogP contribution in [-0.2, 0) is 4.79 Å². The smallest absolute Gasteiger partial charge is 0.335 e. The summed E-state index contributed by atoms with van der Waals surface area (Å²) < 4.78 is 5.20. The zero-order valence-electron chi connectivity index (χ0n) is 21.7. The predicted molar refractivity (Wildman–Crippen MR) is 135 cm³/mol. The summed E-state index contributed by atoms with van der Waals surface area (Å²) in [6, 6.07) is 3.28. The van der Waals surface area contributed by atoms with Crippen LogP contribution in [-0.4, -0.2) is 46.0 Å². The van der Waals surface area contributed by atoms with Gasteiger partial charge in [-0.25, -0.2) is 4.79 Å². The molecule has 198 valence electrons. The maximum absolute atomic E-state index is 12.7. The maximum Gasteiger partial charge on any atom is 0.335 e. The molecule has 36 heavy (non-hydrogen) atoms. The lowest BCUT2D eigenvalue weighted by molar-refractivity contribution is -0.247. The Balaban J connectivity index is 1.22. The normalized spacial score (nSPS) is 48.1. The highest BCUT2D eigenvalue weighted by Crippen LogP contribution is 2.71. The summed E-state index contributed by atoms with van der Waals surface area (Å²) in [6.07, 6.45) is 10.9. The fraction of sp³-hybridized carbons (Fsp3) is 0.793. The Labute approximate surface area is 213 Å². The van der Waals surface area contributed by atoms with Crippen molar-refractivity contribution in [2.75, 3.05) is 6.54 Å². The van der Waals surface area contributed by atoms with Crippen molar-refractivity contribution in [1.82, 2.24) is 10.6 Å². The van der Waals surface area contributed by atoms with Gasteiger partial charge >= 0.3 is 5.63 Å². The second-order valence-electron chi connectivity index (χ2n) is 13.2. The molecule has 0 unspecified atom stereocenters. The molecule has 5 aliphatic rings. The highest BCUT2D eigenvalue weighted by atomic mass is 16.4. The number of rotatable bonds is 3. The van der Waals surface area contributed by atoms with E-state index in [0.29, 0.717) is 12.8 Å². The number of hydrogen-bond acceptors (Lipinski definition) is 6. The number of carbonyl (C=O) groups is 1. The molecule has 1 aromatic heterocycles. The van der Waals surface area contributed by atoms with Gasteiger partial charge in [-0.05, 0) is 112 Å². The molecule has 1 saturated heterocycles. The second kappa shape index (κ2) is 8.40. The molecule has 7 heteroatoms. The van der Waals surface area contributed by atoms with Crippen molar-refractivity contribution in [3.63, 3.8) is 0 Å². The van der Waals surface area contributed by atoms with Gasteiger partial charge in [0.25, 0.3) is 0 Å². The monoisotopic (exact) mass is 498 g/mol. The Morgan fingerprint density at radius 1 is 1.00 bits per heavy atom.